The number of imidazole rings is 1. The Labute approximate surface area is 287 Å². The number of likely N-dealkylation sites (N-methyl/N-ethyl adjacent to an activating group) is 1. The number of carbonyl (C=O) groups excluding carboxylic acids is 1. The molecule has 2 heterocycles. The number of fused-ring (bicyclic) bond motifs is 1. The van der Waals surface area contributed by atoms with Gasteiger partial charge in [0.1, 0.15) is 5.75 Å². The molecule has 16 heteroatoms. The van der Waals surface area contributed by atoms with Crippen LogP contribution in [0.3, 0.4) is 0 Å². The first-order valence-electron chi connectivity index (χ1n) is 15.7. The molecule has 13 nitrogen and oxygen atoms in total. The highest BCUT2D eigenvalue weighted by atomic mass is 35.5. The molecule has 0 spiro atoms. The number of amides is 1. The molecule has 1 aliphatic heterocycles. The maximum Gasteiger partial charge on any atom is 0.280 e. The summed E-state index contributed by atoms with van der Waals surface area (Å²) in [4.78, 5) is 19.8. The molecule has 264 valence electrons. The second-order valence-electron chi connectivity index (χ2n) is 12.2. The molecule has 4 atom stereocenters. The van der Waals surface area contributed by atoms with Gasteiger partial charge in [-0.3, -0.25) is 9.52 Å². The number of aliphatic hydroxyl groups excluding tert-OH is 1. The highest BCUT2D eigenvalue weighted by Gasteiger charge is 2.32. The Balaban J connectivity index is 1.67. The zero-order chi connectivity index (χ0) is 35.2. The Morgan fingerprint density at radius 1 is 1.12 bits per heavy atom. The molecule has 0 bridgehead atoms. The van der Waals surface area contributed by atoms with Crippen molar-refractivity contribution in [3.63, 3.8) is 0 Å². The van der Waals surface area contributed by atoms with E-state index in [2.05, 4.69) is 9.71 Å². The molecule has 0 fully saturated rings. The Hall–Kier alpha value is -3.21. The molecular weight excluding hydrogens is 682 g/mol. The van der Waals surface area contributed by atoms with Crippen molar-refractivity contribution in [2.75, 3.05) is 38.1 Å². The minimum atomic E-state index is -4.06. The van der Waals surface area contributed by atoms with E-state index >= 15 is 0 Å². The number of nitrogens with zero attached hydrogens (tertiary/aromatic N) is 4. The van der Waals surface area contributed by atoms with Gasteiger partial charge in [0.05, 0.1) is 41.6 Å². The maximum atomic E-state index is 14.3. The van der Waals surface area contributed by atoms with Gasteiger partial charge in [-0.15, -0.1) is 0 Å². The third-order valence-electron chi connectivity index (χ3n) is 8.22. The van der Waals surface area contributed by atoms with Crippen LogP contribution in [0, 0.1) is 5.92 Å². The van der Waals surface area contributed by atoms with Gasteiger partial charge >= 0.3 is 0 Å². The van der Waals surface area contributed by atoms with Crippen molar-refractivity contribution in [2.45, 2.75) is 68.2 Å². The molecular formula is C32H44ClN5O8S2. The van der Waals surface area contributed by atoms with Crippen molar-refractivity contribution in [2.24, 2.45) is 13.0 Å². The number of carbonyl (C=O) groups is 1. The first kappa shape index (κ1) is 37.6. The number of rotatable bonds is 9. The van der Waals surface area contributed by atoms with E-state index in [4.69, 9.17) is 21.1 Å². The molecule has 0 aliphatic carbocycles. The highest BCUT2D eigenvalue weighted by Crippen LogP contribution is 2.30. The van der Waals surface area contributed by atoms with E-state index in [1.807, 2.05) is 13.8 Å². The minimum Gasteiger partial charge on any atom is -0.490 e. The monoisotopic (exact) mass is 725 g/mol. The predicted molar refractivity (Wildman–Crippen MR) is 182 cm³/mol. The number of hydrogen-bond acceptors (Lipinski definition) is 9. The van der Waals surface area contributed by atoms with Gasteiger partial charge in [-0.1, -0.05) is 18.5 Å². The largest absolute Gasteiger partial charge is 0.490 e. The first-order valence-corrected chi connectivity index (χ1v) is 19.0. The first-order chi connectivity index (χ1) is 22.6. The van der Waals surface area contributed by atoms with Crippen LogP contribution in [0.5, 0.6) is 5.75 Å². The van der Waals surface area contributed by atoms with Gasteiger partial charge in [-0.25, -0.2) is 13.4 Å². The highest BCUT2D eigenvalue weighted by molar-refractivity contribution is 7.92. The smallest absolute Gasteiger partial charge is 0.280 e. The van der Waals surface area contributed by atoms with E-state index < -0.39 is 38.1 Å². The number of anilines is 1. The van der Waals surface area contributed by atoms with Crippen molar-refractivity contribution >= 4 is 43.2 Å². The van der Waals surface area contributed by atoms with Crippen LogP contribution in [0.25, 0.3) is 0 Å². The summed E-state index contributed by atoms with van der Waals surface area (Å²) >= 11 is 5.97. The predicted octanol–water partition coefficient (Wildman–Crippen LogP) is 3.99. The van der Waals surface area contributed by atoms with E-state index in [0.29, 0.717) is 24.5 Å². The fourth-order valence-corrected chi connectivity index (χ4v) is 7.66. The summed E-state index contributed by atoms with van der Waals surface area (Å²) in [6.45, 7) is 5.56. The fraction of sp³-hybridized carbons (Fsp3) is 0.500. The van der Waals surface area contributed by atoms with Crippen LogP contribution in [-0.2, 0) is 31.8 Å². The molecule has 1 amide bonds. The Kier molecular flexibility index (Phi) is 12.5. The van der Waals surface area contributed by atoms with Crippen LogP contribution in [0.2, 0.25) is 5.02 Å². The van der Waals surface area contributed by atoms with Gasteiger partial charge in [0.2, 0.25) is 10.0 Å². The molecule has 2 N–H and O–H groups in total. The van der Waals surface area contributed by atoms with E-state index in [-0.39, 0.29) is 58.6 Å². The van der Waals surface area contributed by atoms with Crippen LogP contribution >= 0.6 is 11.6 Å². The molecule has 4 rings (SSSR count). The van der Waals surface area contributed by atoms with Crippen LogP contribution in [-0.4, -0.2) is 98.2 Å². The third kappa shape index (κ3) is 9.27. The Morgan fingerprint density at radius 2 is 1.83 bits per heavy atom. The number of nitrogens with one attached hydrogen (secondary N) is 1. The normalized spacial score (nSPS) is 20.9. The average molecular weight is 726 g/mol. The summed E-state index contributed by atoms with van der Waals surface area (Å²) in [5.41, 5.74) is 0.234. The van der Waals surface area contributed by atoms with Gasteiger partial charge in [0.25, 0.3) is 15.9 Å². The topological polar surface area (TPSA) is 160 Å². The lowest BCUT2D eigenvalue weighted by Gasteiger charge is -2.35. The van der Waals surface area contributed by atoms with E-state index in [0.717, 1.165) is 6.42 Å². The second kappa shape index (κ2) is 16.0. The number of benzene rings is 2. The number of sulfonamides is 2. The lowest BCUT2D eigenvalue weighted by atomic mass is 10.0. The van der Waals surface area contributed by atoms with Gasteiger partial charge in [0.15, 0.2) is 5.03 Å². The number of hydrogen-bond donors (Lipinski definition) is 2. The van der Waals surface area contributed by atoms with Crippen LogP contribution < -0.4 is 9.46 Å². The summed E-state index contributed by atoms with van der Waals surface area (Å²) in [6.07, 6.45) is 3.93. The molecule has 2 aromatic carbocycles. The summed E-state index contributed by atoms with van der Waals surface area (Å²) in [5, 5.41) is 10.4. The zero-order valence-corrected chi connectivity index (χ0v) is 30.1. The van der Waals surface area contributed by atoms with Crippen molar-refractivity contribution in [1.82, 2.24) is 18.8 Å². The van der Waals surface area contributed by atoms with Crippen LogP contribution in [0.15, 0.2) is 64.9 Å². The molecule has 48 heavy (non-hydrogen) atoms. The lowest BCUT2D eigenvalue weighted by molar-refractivity contribution is -0.00833. The zero-order valence-electron chi connectivity index (χ0n) is 27.7. The van der Waals surface area contributed by atoms with Crippen LogP contribution in [0.1, 0.15) is 50.4 Å². The molecule has 0 saturated heterocycles. The summed E-state index contributed by atoms with van der Waals surface area (Å²) < 4.78 is 70.6. The summed E-state index contributed by atoms with van der Waals surface area (Å²) in [7, 11) is -4.80. The number of halogens is 1. The van der Waals surface area contributed by atoms with Crippen molar-refractivity contribution in [1.29, 1.82) is 0 Å². The molecule has 0 radical (unpaired) electrons. The molecule has 1 aliphatic rings. The third-order valence-corrected chi connectivity index (χ3v) is 11.6. The number of aromatic nitrogens is 2. The average Bonchev–Trinajstić information content (AvgIpc) is 3.49. The Bertz CT molecular complexity index is 1770. The number of aryl methyl sites for hydroxylation is 1. The number of aliphatic hydroxyl groups is 1. The molecule has 0 saturated carbocycles. The second-order valence-corrected chi connectivity index (χ2v) is 16.3. The minimum absolute atomic E-state index is 0.0111. The van der Waals surface area contributed by atoms with E-state index in [1.165, 1.54) is 69.7 Å². The maximum absolute atomic E-state index is 14.3. The van der Waals surface area contributed by atoms with Crippen molar-refractivity contribution in [3.8, 4) is 5.75 Å². The van der Waals surface area contributed by atoms with Gasteiger partial charge < -0.3 is 24.0 Å². The molecule has 1 aromatic heterocycles. The Morgan fingerprint density at radius 3 is 2.48 bits per heavy atom. The van der Waals surface area contributed by atoms with Gasteiger partial charge in [-0.2, -0.15) is 12.7 Å². The van der Waals surface area contributed by atoms with Crippen molar-refractivity contribution < 1.29 is 36.2 Å². The summed E-state index contributed by atoms with van der Waals surface area (Å²) in [5.74, 6) is -0.611. The van der Waals surface area contributed by atoms with E-state index in [9.17, 15) is 26.7 Å². The van der Waals surface area contributed by atoms with Gasteiger partial charge in [0, 0.05) is 56.6 Å². The molecule has 0 unspecified atom stereocenters. The molecule has 3 aromatic rings. The quantitative estimate of drug-likeness (QED) is 0.333. The lowest BCUT2D eigenvalue weighted by Crippen LogP contribution is -2.48. The van der Waals surface area contributed by atoms with Crippen LogP contribution in [0.4, 0.5) is 5.69 Å². The van der Waals surface area contributed by atoms with Crippen molar-refractivity contribution in [3.05, 3.63) is 65.6 Å². The standard InChI is InChI=1S/C32H44ClN5O8S2/c1-22-17-38(23(2)20-39)32(40)28-16-26(35-47(41,42)31-19-36(4)21-34-31)11-14-29(28)46-24(3)8-6-7-15-45-30(22)18-37(5)48(43,44)27-12-9-25(33)10-13-27/h9-14,16,19,21-24,30,35,39H,6-8,15,17-18,20H2,1-5H3/t22-,23-,24+,30+/m1/s1. The number of ether oxygens (including phenoxy) is 2. The summed E-state index contributed by atoms with van der Waals surface area (Å²) in [6, 6.07) is 9.76. The van der Waals surface area contributed by atoms with Gasteiger partial charge in [-0.05, 0) is 75.6 Å². The SMILES string of the molecule is C[C@@H]1CN([C@H](C)CO)C(=O)c2cc(NS(=O)(=O)c3cn(C)cn3)ccc2O[C@@H](C)CCCCO[C@H]1CN(C)S(=O)(=O)c1ccc(Cl)cc1. The van der Waals surface area contributed by atoms with E-state index in [1.54, 1.807) is 20.0 Å². The fourth-order valence-electron chi connectivity index (χ4n) is 5.32.